The Labute approximate surface area is 148 Å². The molecule has 0 bridgehead atoms. The van der Waals surface area contributed by atoms with Crippen molar-refractivity contribution < 1.29 is 0 Å². The van der Waals surface area contributed by atoms with Gasteiger partial charge in [0.1, 0.15) is 0 Å². The molecular formula is C18H16Br2N2. The number of halogens is 2. The van der Waals surface area contributed by atoms with Crippen molar-refractivity contribution in [1.29, 1.82) is 10.5 Å². The Morgan fingerprint density at radius 2 is 1.64 bits per heavy atom. The summed E-state index contributed by atoms with van der Waals surface area (Å²) in [4.78, 5) is 0. The first-order chi connectivity index (χ1) is 10.6. The van der Waals surface area contributed by atoms with Crippen molar-refractivity contribution in [1.82, 2.24) is 0 Å². The lowest BCUT2D eigenvalue weighted by molar-refractivity contribution is 0.818. The number of rotatable bonds is 3. The first kappa shape index (κ1) is 18.4. The molecule has 0 saturated heterocycles. The smallest absolute Gasteiger partial charge is 0.0710 e. The Morgan fingerprint density at radius 3 is 2.14 bits per heavy atom. The van der Waals surface area contributed by atoms with Gasteiger partial charge in [0.15, 0.2) is 0 Å². The molecule has 0 radical (unpaired) electrons. The molecule has 1 unspecified atom stereocenters. The average Bonchev–Trinajstić information content (AvgIpc) is 2.50. The molecule has 0 fully saturated rings. The van der Waals surface area contributed by atoms with Crippen LogP contribution >= 0.6 is 31.9 Å². The summed E-state index contributed by atoms with van der Waals surface area (Å²) in [7, 11) is 0. The van der Waals surface area contributed by atoms with Crippen LogP contribution in [0.3, 0.4) is 0 Å². The van der Waals surface area contributed by atoms with E-state index >= 15 is 0 Å². The van der Waals surface area contributed by atoms with Crippen molar-refractivity contribution in [3.8, 4) is 12.1 Å². The highest BCUT2D eigenvalue weighted by molar-refractivity contribution is 9.10. The number of benzene rings is 2. The van der Waals surface area contributed by atoms with E-state index in [-0.39, 0.29) is 5.92 Å². The van der Waals surface area contributed by atoms with E-state index in [0.29, 0.717) is 6.42 Å². The number of nitrogens with zero attached hydrogens (tertiary/aromatic N) is 2. The molecule has 2 nitrogen and oxygen atoms in total. The molecule has 112 valence electrons. The van der Waals surface area contributed by atoms with Gasteiger partial charge in [0, 0.05) is 8.95 Å². The minimum absolute atomic E-state index is 0.0301. The lowest BCUT2D eigenvalue weighted by Crippen LogP contribution is -1.92. The molecule has 2 aromatic rings. The second kappa shape index (κ2) is 10.2. The normalized spacial score (nSPS) is 10.6. The summed E-state index contributed by atoms with van der Waals surface area (Å²) in [6.45, 7) is 2.02. The molecule has 0 saturated carbocycles. The number of nitriles is 2. The summed E-state index contributed by atoms with van der Waals surface area (Å²) in [6.07, 6.45) is 1.35. The van der Waals surface area contributed by atoms with E-state index in [1.807, 2.05) is 55.5 Å². The van der Waals surface area contributed by atoms with Gasteiger partial charge >= 0.3 is 0 Å². The molecule has 0 spiro atoms. The molecule has 4 heteroatoms. The molecule has 0 aliphatic heterocycles. The number of hydrogen-bond donors (Lipinski definition) is 0. The molecule has 0 heterocycles. The van der Waals surface area contributed by atoms with Crippen LogP contribution in [0, 0.1) is 22.7 Å². The summed E-state index contributed by atoms with van der Waals surface area (Å²) in [5, 5.41) is 17.2. The Balaban J connectivity index is 0.000000224. The topological polar surface area (TPSA) is 47.6 Å². The Hall–Kier alpha value is -1.62. The minimum Gasteiger partial charge on any atom is -0.198 e. The van der Waals surface area contributed by atoms with Crippen LogP contribution in [0.5, 0.6) is 0 Å². The van der Waals surface area contributed by atoms with Gasteiger partial charge in [-0.3, -0.25) is 0 Å². The highest BCUT2D eigenvalue weighted by Crippen LogP contribution is 2.21. The molecule has 0 aliphatic rings. The minimum atomic E-state index is 0.0301. The SMILES string of the molecule is CCC(C#N)c1cccc(Br)c1.N#CCc1cccc(Br)c1. The molecule has 0 aliphatic carbocycles. The quantitative estimate of drug-likeness (QED) is 0.613. The van der Waals surface area contributed by atoms with Gasteiger partial charge in [-0.05, 0) is 41.8 Å². The summed E-state index contributed by atoms with van der Waals surface area (Å²) in [5.74, 6) is 0.0301. The van der Waals surface area contributed by atoms with E-state index in [9.17, 15) is 0 Å². The third kappa shape index (κ3) is 6.43. The van der Waals surface area contributed by atoms with Crippen LogP contribution in [0.15, 0.2) is 57.5 Å². The summed E-state index contributed by atoms with van der Waals surface area (Å²) in [5.41, 5.74) is 2.14. The molecule has 22 heavy (non-hydrogen) atoms. The van der Waals surface area contributed by atoms with Crippen LogP contribution < -0.4 is 0 Å². The number of hydrogen-bond acceptors (Lipinski definition) is 2. The Morgan fingerprint density at radius 1 is 1.00 bits per heavy atom. The third-order valence-corrected chi connectivity index (χ3v) is 3.97. The van der Waals surface area contributed by atoms with Gasteiger partial charge in [0.25, 0.3) is 0 Å². The maximum atomic E-state index is 8.81. The molecule has 0 N–H and O–H groups in total. The molecular weight excluding hydrogens is 404 g/mol. The summed E-state index contributed by atoms with van der Waals surface area (Å²) >= 11 is 6.70. The molecule has 2 rings (SSSR count). The van der Waals surface area contributed by atoms with Gasteiger partial charge in [-0.15, -0.1) is 0 Å². The van der Waals surface area contributed by atoms with Gasteiger partial charge < -0.3 is 0 Å². The van der Waals surface area contributed by atoms with Crippen molar-refractivity contribution in [3.05, 3.63) is 68.6 Å². The fourth-order valence-electron chi connectivity index (χ4n) is 1.86. The lowest BCUT2D eigenvalue weighted by Gasteiger charge is -2.05. The van der Waals surface area contributed by atoms with Crippen LogP contribution in [-0.2, 0) is 6.42 Å². The fraction of sp³-hybridized carbons (Fsp3) is 0.222. The highest BCUT2D eigenvalue weighted by Gasteiger charge is 2.06. The van der Waals surface area contributed by atoms with Gasteiger partial charge in [0.05, 0.1) is 24.5 Å². The zero-order valence-electron chi connectivity index (χ0n) is 12.3. The fourth-order valence-corrected chi connectivity index (χ4v) is 2.73. The van der Waals surface area contributed by atoms with Crippen LogP contribution in [0.1, 0.15) is 30.4 Å². The van der Waals surface area contributed by atoms with Crippen molar-refractivity contribution >= 4 is 31.9 Å². The van der Waals surface area contributed by atoms with E-state index in [1.54, 1.807) is 0 Å². The van der Waals surface area contributed by atoms with Crippen molar-refractivity contribution in [2.45, 2.75) is 25.7 Å². The van der Waals surface area contributed by atoms with Gasteiger partial charge in [0.2, 0.25) is 0 Å². The Bertz CT molecular complexity index is 684. The average molecular weight is 420 g/mol. The second-order valence-corrected chi connectivity index (χ2v) is 6.44. The van der Waals surface area contributed by atoms with Gasteiger partial charge in [-0.2, -0.15) is 10.5 Å². The first-order valence-corrected chi connectivity index (χ1v) is 8.45. The van der Waals surface area contributed by atoms with Crippen LogP contribution in [-0.4, -0.2) is 0 Å². The van der Waals surface area contributed by atoms with E-state index < -0.39 is 0 Å². The summed E-state index contributed by atoms with van der Waals surface area (Å²) in [6, 6.07) is 20.0. The molecule has 2 aromatic carbocycles. The van der Waals surface area contributed by atoms with Gasteiger partial charge in [-0.25, -0.2) is 0 Å². The van der Waals surface area contributed by atoms with E-state index in [2.05, 4.69) is 44.0 Å². The van der Waals surface area contributed by atoms with E-state index in [0.717, 1.165) is 26.5 Å². The van der Waals surface area contributed by atoms with Crippen molar-refractivity contribution in [2.75, 3.05) is 0 Å². The third-order valence-electron chi connectivity index (χ3n) is 2.99. The standard InChI is InChI=1S/C10H10BrN.C8H6BrN/c1-2-8(7-12)9-4-3-5-10(11)6-9;9-8-3-1-2-7(6-8)4-5-10/h3-6,8H,2H2,1H3;1-3,6H,4H2. The van der Waals surface area contributed by atoms with Crippen LogP contribution in [0.4, 0.5) is 0 Å². The van der Waals surface area contributed by atoms with Crippen molar-refractivity contribution in [3.63, 3.8) is 0 Å². The molecule has 0 amide bonds. The maximum Gasteiger partial charge on any atom is 0.0710 e. The molecule has 0 aromatic heterocycles. The van der Waals surface area contributed by atoms with Crippen LogP contribution in [0.2, 0.25) is 0 Å². The zero-order chi connectivity index (χ0) is 16.4. The maximum absolute atomic E-state index is 8.81. The lowest BCUT2D eigenvalue weighted by atomic mass is 9.98. The predicted octanol–water partition coefficient (Wildman–Crippen LogP) is 5.98. The predicted molar refractivity (Wildman–Crippen MR) is 96.2 cm³/mol. The van der Waals surface area contributed by atoms with Crippen molar-refractivity contribution in [2.24, 2.45) is 0 Å². The monoisotopic (exact) mass is 418 g/mol. The van der Waals surface area contributed by atoms with E-state index in [1.165, 1.54) is 0 Å². The Kier molecular flexibility index (Phi) is 8.51. The zero-order valence-corrected chi connectivity index (χ0v) is 15.4. The van der Waals surface area contributed by atoms with Gasteiger partial charge in [-0.1, -0.05) is 63.0 Å². The second-order valence-electron chi connectivity index (χ2n) is 4.61. The van der Waals surface area contributed by atoms with E-state index in [4.69, 9.17) is 10.5 Å². The van der Waals surface area contributed by atoms with Crippen LogP contribution in [0.25, 0.3) is 0 Å². The summed E-state index contributed by atoms with van der Waals surface area (Å²) < 4.78 is 2.06. The highest BCUT2D eigenvalue weighted by atomic mass is 79.9. The molecule has 1 atom stereocenters. The largest absolute Gasteiger partial charge is 0.198 e. The first-order valence-electron chi connectivity index (χ1n) is 6.87.